The van der Waals surface area contributed by atoms with Gasteiger partial charge >= 0.3 is 0 Å². The van der Waals surface area contributed by atoms with Crippen LogP contribution < -0.4 is 15.2 Å². The van der Waals surface area contributed by atoms with Crippen LogP contribution in [0.1, 0.15) is 18.9 Å². The van der Waals surface area contributed by atoms with E-state index >= 15 is 0 Å². The molecule has 0 heterocycles. The molecule has 0 aliphatic rings. The van der Waals surface area contributed by atoms with Crippen LogP contribution in [-0.4, -0.2) is 11.7 Å². The molecule has 4 nitrogen and oxygen atoms in total. The summed E-state index contributed by atoms with van der Waals surface area (Å²) in [6.45, 7) is 2.27. The van der Waals surface area contributed by atoms with Gasteiger partial charge in [0.25, 0.3) is 0 Å². The molecule has 21 heavy (non-hydrogen) atoms. The van der Waals surface area contributed by atoms with E-state index in [-0.39, 0.29) is 18.0 Å². The Morgan fingerprint density at radius 2 is 2.00 bits per heavy atom. The molecule has 0 radical (unpaired) electrons. The van der Waals surface area contributed by atoms with Crippen LogP contribution in [-0.2, 0) is 6.61 Å². The lowest BCUT2D eigenvalue weighted by Crippen LogP contribution is -2.00. The van der Waals surface area contributed by atoms with Crippen LogP contribution in [0.15, 0.2) is 36.4 Å². The van der Waals surface area contributed by atoms with Crippen molar-refractivity contribution in [1.82, 2.24) is 0 Å². The van der Waals surface area contributed by atoms with Crippen molar-refractivity contribution in [2.24, 2.45) is 0 Å². The van der Waals surface area contributed by atoms with Crippen molar-refractivity contribution in [2.75, 3.05) is 12.3 Å². The van der Waals surface area contributed by atoms with E-state index in [1.165, 1.54) is 12.1 Å². The highest BCUT2D eigenvalue weighted by Crippen LogP contribution is 2.33. The molecule has 0 bridgehead atoms. The van der Waals surface area contributed by atoms with Crippen LogP contribution in [0.5, 0.6) is 17.2 Å². The van der Waals surface area contributed by atoms with Crippen molar-refractivity contribution in [3.05, 3.63) is 47.8 Å². The summed E-state index contributed by atoms with van der Waals surface area (Å²) in [4.78, 5) is 0. The standard InChI is InChI=1S/C16H18FNO3/c1-2-6-20-15-9-16(14(18)8-13(15)17)21-12-5-3-4-11(7-12)10-19/h3-5,7-9,19H,2,6,10,18H2,1H3. The number of rotatable bonds is 6. The number of aliphatic hydroxyl groups is 1. The first kappa shape index (κ1) is 15.1. The molecule has 0 fully saturated rings. The smallest absolute Gasteiger partial charge is 0.167 e. The second-order valence-corrected chi connectivity index (χ2v) is 4.58. The number of ether oxygens (including phenoxy) is 2. The first-order valence-corrected chi connectivity index (χ1v) is 6.73. The molecule has 0 amide bonds. The van der Waals surface area contributed by atoms with E-state index in [0.29, 0.717) is 18.1 Å². The van der Waals surface area contributed by atoms with E-state index in [9.17, 15) is 4.39 Å². The minimum atomic E-state index is -0.516. The highest BCUT2D eigenvalue weighted by atomic mass is 19.1. The van der Waals surface area contributed by atoms with Crippen molar-refractivity contribution < 1.29 is 19.0 Å². The number of nitrogens with two attached hydrogens (primary N) is 1. The average Bonchev–Trinajstić information content (AvgIpc) is 2.49. The highest BCUT2D eigenvalue weighted by molar-refractivity contribution is 5.57. The monoisotopic (exact) mass is 291 g/mol. The van der Waals surface area contributed by atoms with Gasteiger partial charge in [-0.2, -0.15) is 0 Å². The van der Waals surface area contributed by atoms with Gasteiger partial charge in [-0.25, -0.2) is 4.39 Å². The molecule has 5 heteroatoms. The Kier molecular flexibility index (Phi) is 5.00. The van der Waals surface area contributed by atoms with Gasteiger partial charge in [0, 0.05) is 12.1 Å². The maximum atomic E-state index is 13.7. The zero-order valence-electron chi connectivity index (χ0n) is 11.8. The van der Waals surface area contributed by atoms with Crippen LogP contribution in [0.4, 0.5) is 10.1 Å². The SMILES string of the molecule is CCCOc1cc(Oc2cccc(CO)c2)c(N)cc1F. The van der Waals surface area contributed by atoms with Crippen molar-refractivity contribution in [1.29, 1.82) is 0 Å². The van der Waals surface area contributed by atoms with Crippen LogP contribution in [0.3, 0.4) is 0 Å². The Balaban J connectivity index is 2.25. The van der Waals surface area contributed by atoms with Gasteiger partial charge in [0.2, 0.25) is 0 Å². The number of nitrogen functional groups attached to an aromatic ring is 1. The van der Waals surface area contributed by atoms with Crippen molar-refractivity contribution in [2.45, 2.75) is 20.0 Å². The minimum Gasteiger partial charge on any atom is -0.490 e. The fraction of sp³-hybridized carbons (Fsp3) is 0.250. The Morgan fingerprint density at radius 3 is 2.71 bits per heavy atom. The van der Waals surface area contributed by atoms with E-state index in [0.717, 1.165) is 12.0 Å². The van der Waals surface area contributed by atoms with Gasteiger partial charge in [-0.05, 0) is 24.1 Å². The maximum Gasteiger partial charge on any atom is 0.167 e. The number of hydrogen-bond acceptors (Lipinski definition) is 4. The molecule has 0 spiro atoms. The second kappa shape index (κ2) is 6.95. The molecule has 0 atom stereocenters. The predicted octanol–water partition coefficient (Wildman–Crippen LogP) is 3.48. The first-order valence-electron chi connectivity index (χ1n) is 6.73. The number of anilines is 1. The molecule has 2 aromatic rings. The average molecular weight is 291 g/mol. The van der Waals surface area contributed by atoms with Crippen molar-refractivity contribution in [3.63, 3.8) is 0 Å². The van der Waals surface area contributed by atoms with Gasteiger partial charge in [0.1, 0.15) is 5.75 Å². The molecule has 0 aliphatic heterocycles. The third kappa shape index (κ3) is 3.86. The Labute approximate surface area is 122 Å². The summed E-state index contributed by atoms with van der Waals surface area (Å²) in [5.41, 5.74) is 6.67. The molecule has 112 valence electrons. The molecule has 2 rings (SSSR count). The lowest BCUT2D eigenvalue weighted by Gasteiger charge is -2.12. The number of benzene rings is 2. The molecule has 3 N–H and O–H groups in total. The topological polar surface area (TPSA) is 64.7 Å². The molecule has 0 unspecified atom stereocenters. The van der Waals surface area contributed by atoms with Crippen molar-refractivity contribution >= 4 is 5.69 Å². The maximum absolute atomic E-state index is 13.7. The third-order valence-corrected chi connectivity index (χ3v) is 2.83. The fourth-order valence-electron chi connectivity index (χ4n) is 1.80. The van der Waals surface area contributed by atoms with Crippen LogP contribution in [0.2, 0.25) is 0 Å². The summed E-state index contributed by atoms with van der Waals surface area (Å²) >= 11 is 0. The van der Waals surface area contributed by atoms with Gasteiger partial charge in [0.05, 0.1) is 18.9 Å². The number of aliphatic hydroxyl groups excluding tert-OH is 1. The van der Waals surface area contributed by atoms with E-state index in [1.807, 2.05) is 6.92 Å². The fourth-order valence-corrected chi connectivity index (χ4v) is 1.80. The Morgan fingerprint density at radius 1 is 1.19 bits per heavy atom. The normalized spacial score (nSPS) is 10.4. The zero-order valence-corrected chi connectivity index (χ0v) is 11.8. The van der Waals surface area contributed by atoms with E-state index in [4.69, 9.17) is 20.3 Å². The second-order valence-electron chi connectivity index (χ2n) is 4.58. The Hall–Kier alpha value is -2.27. The lowest BCUT2D eigenvalue weighted by molar-refractivity contribution is 0.281. The van der Waals surface area contributed by atoms with Gasteiger partial charge in [-0.1, -0.05) is 19.1 Å². The summed E-state index contributed by atoms with van der Waals surface area (Å²) in [6, 6.07) is 9.57. The van der Waals surface area contributed by atoms with Gasteiger partial charge < -0.3 is 20.3 Å². The minimum absolute atomic E-state index is 0.0824. The molecule has 0 saturated heterocycles. The van der Waals surface area contributed by atoms with E-state index in [2.05, 4.69) is 0 Å². The molecule has 0 aromatic heterocycles. The lowest BCUT2D eigenvalue weighted by atomic mass is 10.2. The Bertz CT molecular complexity index is 616. The van der Waals surface area contributed by atoms with Crippen LogP contribution in [0, 0.1) is 5.82 Å². The molecule has 0 saturated carbocycles. The zero-order chi connectivity index (χ0) is 15.2. The largest absolute Gasteiger partial charge is 0.490 e. The number of halogens is 1. The van der Waals surface area contributed by atoms with Gasteiger partial charge in [-0.15, -0.1) is 0 Å². The summed E-state index contributed by atoms with van der Waals surface area (Å²) in [5, 5.41) is 9.11. The summed E-state index contributed by atoms with van der Waals surface area (Å²) in [7, 11) is 0. The molecular formula is C16H18FNO3. The van der Waals surface area contributed by atoms with Crippen LogP contribution >= 0.6 is 0 Å². The van der Waals surface area contributed by atoms with Gasteiger partial charge in [0.15, 0.2) is 17.3 Å². The summed E-state index contributed by atoms with van der Waals surface area (Å²) in [5.74, 6) is 0.427. The molecular weight excluding hydrogens is 273 g/mol. The van der Waals surface area contributed by atoms with Crippen LogP contribution in [0.25, 0.3) is 0 Å². The quantitative estimate of drug-likeness (QED) is 0.800. The highest BCUT2D eigenvalue weighted by Gasteiger charge is 2.11. The summed E-state index contributed by atoms with van der Waals surface area (Å²) < 4.78 is 24.7. The third-order valence-electron chi connectivity index (χ3n) is 2.83. The molecule has 0 aliphatic carbocycles. The van der Waals surface area contributed by atoms with E-state index in [1.54, 1.807) is 24.3 Å². The first-order chi connectivity index (χ1) is 10.1. The molecule has 2 aromatic carbocycles. The van der Waals surface area contributed by atoms with Crippen molar-refractivity contribution in [3.8, 4) is 17.2 Å². The predicted molar refractivity (Wildman–Crippen MR) is 79.0 cm³/mol. The number of hydrogen-bond donors (Lipinski definition) is 2. The summed E-state index contributed by atoms with van der Waals surface area (Å²) in [6.07, 6.45) is 0.776. The van der Waals surface area contributed by atoms with E-state index < -0.39 is 5.82 Å². The van der Waals surface area contributed by atoms with Gasteiger partial charge in [-0.3, -0.25) is 0 Å².